The maximum atomic E-state index is 11.7. The Bertz CT molecular complexity index is 204. The lowest BCUT2D eigenvalue weighted by atomic mass is 10.1. The van der Waals surface area contributed by atoms with Crippen LogP contribution >= 0.6 is 0 Å². The molecule has 0 aromatic heterocycles. The molecule has 0 rings (SSSR count). The first-order valence-electron chi connectivity index (χ1n) is 4.84. The van der Waals surface area contributed by atoms with Crippen LogP contribution in [0.2, 0.25) is 0 Å². The number of hydrogen-bond donors (Lipinski definition) is 2. The summed E-state index contributed by atoms with van der Waals surface area (Å²) < 4.78 is 35.2. The highest BCUT2D eigenvalue weighted by atomic mass is 19.4. The van der Waals surface area contributed by atoms with Crippen molar-refractivity contribution in [2.45, 2.75) is 38.9 Å². The third-order valence-corrected chi connectivity index (χ3v) is 1.96. The normalized spacial score (nSPS) is 14.1. The van der Waals surface area contributed by atoms with E-state index in [2.05, 4.69) is 5.32 Å². The summed E-state index contributed by atoms with van der Waals surface area (Å²) in [6.07, 6.45) is -5.16. The number of nitrogens with two attached hydrogens (primary N) is 1. The minimum absolute atomic E-state index is 0.0127. The molecule has 0 saturated heterocycles. The fourth-order valence-electron chi connectivity index (χ4n) is 0.921. The lowest BCUT2D eigenvalue weighted by molar-refractivity contribution is -0.136. The van der Waals surface area contributed by atoms with Gasteiger partial charge in [-0.25, -0.2) is 0 Å². The van der Waals surface area contributed by atoms with E-state index in [0.717, 1.165) is 0 Å². The summed E-state index contributed by atoms with van der Waals surface area (Å²) in [5.74, 6) is -0.417. The lowest BCUT2D eigenvalue weighted by Crippen LogP contribution is -2.44. The zero-order chi connectivity index (χ0) is 12.1. The molecule has 6 heteroatoms. The van der Waals surface area contributed by atoms with Crippen LogP contribution in [-0.4, -0.2) is 24.7 Å². The minimum Gasteiger partial charge on any atom is -0.355 e. The van der Waals surface area contributed by atoms with Crippen molar-refractivity contribution >= 4 is 5.91 Å². The van der Waals surface area contributed by atoms with Crippen molar-refractivity contribution in [1.82, 2.24) is 5.32 Å². The van der Waals surface area contributed by atoms with Gasteiger partial charge >= 0.3 is 6.18 Å². The first kappa shape index (κ1) is 14.2. The predicted octanol–water partition coefficient (Wildman–Crippen LogP) is 1.43. The van der Waals surface area contributed by atoms with Crippen LogP contribution < -0.4 is 11.1 Å². The molecular formula is C9H17F3N2O. The smallest absolute Gasteiger partial charge is 0.355 e. The largest absolute Gasteiger partial charge is 0.389 e. The highest BCUT2D eigenvalue weighted by Crippen LogP contribution is 2.20. The number of nitrogens with one attached hydrogen (secondary N) is 1. The molecule has 1 atom stereocenters. The molecule has 0 fully saturated rings. The summed E-state index contributed by atoms with van der Waals surface area (Å²) in [5, 5.41) is 2.37. The quantitative estimate of drug-likeness (QED) is 0.697. The van der Waals surface area contributed by atoms with Gasteiger partial charge in [0.15, 0.2) is 0 Å². The van der Waals surface area contributed by atoms with Crippen LogP contribution in [0.3, 0.4) is 0 Å². The highest BCUT2D eigenvalue weighted by Gasteiger charge is 2.26. The molecule has 0 saturated carbocycles. The third kappa shape index (κ3) is 7.18. The van der Waals surface area contributed by atoms with Crippen LogP contribution in [0.1, 0.15) is 26.7 Å². The molecule has 0 aromatic carbocycles. The number of carbonyl (C=O) groups excluding carboxylic acids is 1. The SMILES string of the molecule is CC(C)[C@H](N)C(=O)NCCCC(F)(F)F. The van der Waals surface area contributed by atoms with Crippen LogP contribution in [0.5, 0.6) is 0 Å². The van der Waals surface area contributed by atoms with Crippen LogP contribution in [0.25, 0.3) is 0 Å². The number of carbonyl (C=O) groups is 1. The number of alkyl halides is 3. The van der Waals surface area contributed by atoms with Gasteiger partial charge in [-0.05, 0) is 12.3 Å². The molecule has 1 amide bonds. The Labute approximate surface area is 87.2 Å². The van der Waals surface area contributed by atoms with E-state index >= 15 is 0 Å². The Morgan fingerprint density at radius 1 is 1.40 bits per heavy atom. The third-order valence-electron chi connectivity index (χ3n) is 1.96. The molecule has 0 aromatic rings. The van der Waals surface area contributed by atoms with Crippen molar-refractivity contribution in [3.8, 4) is 0 Å². The number of rotatable bonds is 5. The van der Waals surface area contributed by atoms with Gasteiger partial charge in [0, 0.05) is 13.0 Å². The second-order valence-electron chi connectivity index (χ2n) is 3.78. The van der Waals surface area contributed by atoms with Crippen LogP contribution in [0, 0.1) is 5.92 Å². The Hall–Kier alpha value is -0.780. The van der Waals surface area contributed by atoms with Gasteiger partial charge < -0.3 is 11.1 Å². The average Bonchev–Trinajstić information content (AvgIpc) is 2.09. The van der Waals surface area contributed by atoms with E-state index in [4.69, 9.17) is 5.73 Å². The standard InChI is InChI=1S/C9H17F3N2O/c1-6(2)7(13)8(15)14-5-3-4-9(10,11)12/h6-7H,3-5,13H2,1-2H3,(H,14,15)/t7-/m0/s1. The van der Waals surface area contributed by atoms with E-state index in [9.17, 15) is 18.0 Å². The number of hydrogen-bond acceptors (Lipinski definition) is 2. The maximum absolute atomic E-state index is 11.7. The van der Waals surface area contributed by atoms with Crippen molar-refractivity contribution in [3.63, 3.8) is 0 Å². The van der Waals surface area contributed by atoms with Gasteiger partial charge in [0.2, 0.25) is 5.91 Å². The van der Waals surface area contributed by atoms with Gasteiger partial charge in [-0.3, -0.25) is 4.79 Å². The Morgan fingerprint density at radius 2 is 1.93 bits per heavy atom. The minimum atomic E-state index is -4.16. The molecule has 0 spiro atoms. The summed E-state index contributed by atoms with van der Waals surface area (Å²) in [5.41, 5.74) is 5.49. The van der Waals surface area contributed by atoms with E-state index in [-0.39, 0.29) is 18.9 Å². The molecule has 0 unspecified atom stereocenters. The van der Waals surface area contributed by atoms with Gasteiger partial charge in [-0.2, -0.15) is 13.2 Å². The molecular weight excluding hydrogens is 209 g/mol. The van der Waals surface area contributed by atoms with Crippen molar-refractivity contribution < 1.29 is 18.0 Å². The average molecular weight is 226 g/mol. The first-order valence-corrected chi connectivity index (χ1v) is 4.84. The van der Waals surface area contributed by atoms with Gasteiger partial charge in [-0.15, -0.1) is 0 Å². The van der Waals surface area contributed by atoms with Gasteiger partial charge in [0.25, 0.3) is 0 Å². The van der Waals surface area contributed by atoms with Gasteiger partial charge in [-0.1, -0.05) is 13.8 Å². The second kappa shape index (κ2) is 5.95. The maximum Gasteiger partial charge on any atom is 0.389 e. The Kier molecular flexibility index (Phi) is 5.64. The highest BCUT2D eigenvalue weighted by molar-refractivity contribution is 5.81. The van der Waals surface area contributed by atoms with Crippen molar-refractivity contribution in [2.75, 3.05) is 6.54 Å². The van der Waals surface area contributed by atoms with Crippen LogP contribution in [0.4, 0.5) is 13.2 Å². The van der Waals surface area contributed by atoms with Crippen LogP contribution in [0.15, 0.2) is 0 Å². The molecule has 0 aliphatic rings. The van der Waals surface area contributed by atoms with Gasteiger partial charge in [0.1, 0.15) is 0 Å². The first-order chi connectivity index (χ1) is 6.74. The zero-order valence-corrected chi connectivity index (χ0v) is 8.90. The van der Waals surface area contributed by atoms with E-state index < -0.39 is 24.5 Å². The molecule has 0 aliphatic carbocycles. The monoisotopic (exact) mass is 226 g/mol. The van der Waals surface area contributed by atoms with Crippen molar-refractivity contribution in [2.24, 2.45) is 11.7 Å². The summed E-state index contributed by atoms with van der Waals surface area (Å²) in [6.45, 7) is 3.57. The summed E-state index contributed by atoms with van der Waals surface area (Å²) in [4.78, 5) is 11.2. The van der Waals surface area contributed by atoms with E-state index in [1.54, 1.807) is 13.8 Å². The van der Waals surface area contributed by atoms with E-state index in [1.807, 2.05) is 0 Å². The summed E-state index contributed by atoms with van der Waals surface area (Å²) in [6, 6.07) is -0.657. The van der Waals surface area contributed by atoms with E-state index in [0.29, 0.717) is 0 Å². The fraction of sp³-hybridized carbons (Fsp3) is 0.889. The number of amides is 1. The molecule has 15 heavy (non-hydrogen) atoms. The molecule has 0 bridgehead atoms. The van der Waals surface area contributed by atoms with E-state index in [1.165, 1.54) is 0 Å². The molecule has 0 heterocycles. The summed E-state index contributed by atoms with van der Waals surface area (Å²) in [7, 11) is 0. The van der Waals surface area contributed by atoms with Crippen molar-refractivity contribution in [1.29, 1.82) is 0 Å². The molecule has 0 radical (unpaired) electrons. The van der Waals surface area contributed by atoms with Gasteiger partial charge in [0.05, 0.1) is 6.04 Å². The molecule has 3 nitrogen and oxygen atoms in total. The topological polar surface area (TPSA) is 55.1 Å². The molecule has 0 aliphatic heterocycles. The van der Waals surface area contributed by atoms with Crippen LogP contribution in [-0.2, 0) is 4.79 Å². The summed E-state index contributed by atoms with van der Waals surface area (Å²) >= 11 is 0. The van der Waals surface area contributed by atoms with Crippen molar-refractivity contribution in [3.05, 3.63) is 0 Å². The Morgan fingerprint density at radius 3 is 2.33 bits per heavy atom. The zero-order valence-electron chi connectivity index (χ0n) is 8.90. The lowest BCUT2D eigenvalue weighted by Gasteiger charge is -2.15. The Balaban J connectivity index is 3.65. The second-order valence-corrected chi connectivity index (χ2v) is 3.78. The molecule has 3 N–H and O–H groups in total. The number of halogens is 3. The predicted molar refractivity (Wildman–Crippen MR) is 51.1 cm³/mol. The fourth-order valence-corrected chi connectivity index (χ4v) is 0.921. The molecule has 90 valence electrons.